The number of rotatable bonds is 4. The molecule has 2 N–H and O–H groups in total. The number of aryl methyl sites for hydroxylation is 1. The number of hydrogen-bond donors (Lipinski definition) is 2. The molecule has 1 aromatic heterocycles. The third-order valence-corrected chi connectivity index (χ3v) is 5.24. The highest BCUT2D eigenvalue weighted by molar-refractivity contribution is 7.89. The van der Waals surface area contributed by atoms with E-state index in [9.17, 15) is 8.42 Å². The van der Waals surface area contributed by atoms with E-state index in [1.807, 2.05) is 18.2 Å². The number of nitrogens with one attached hydrogen (secondary N) is 2. The second-order valence-corrected chi connectivity index (χ2v) is 6.81. The SMILES string of the molecule is Cn1nccc1S(=O)(=O)NCC1NCCc2ccccc21. The van der Waals surface area contributed by atoms with Crippen LogP contribution in [-0.4, -0.2) is 31.3 Å². The van der Waals surface area contributed by atoms with Gasteiger partial charge < -0.3 is 5.32 Å². The summed E-state index contributed by atoms with van der Waals surface area (Å²) in [5.41, 5.74) is 2.44. The monoisotopic (exact) mass is 306 g/mol. The van der Waals surface area contributed by atoms with Crippen molar-refractivity contribution < 1.29 is 8.42 Å². The molecule has 0 spiro atoms. The molecule has 2 heterocycles. The summed E-state index contributed by atoms with van der Waals surface area (Å²) in [6.45, 7) is 1.18. The Morgan fingerprint density at radius 1 is 1.38 bits per heavy atom. The van der Waals surface area contributed by atoms with Crippen molar-refractivity contribution in [1.29, 1.82) is 0 Å². The van der Waals surface area contributed by atoms with Crippen molar-refractivity contribution in [1.82, 2.24) is 19.8 Å². The Bertz CT molecular complexity index is 739. The van der Waals surface area contributed by atoms with E-state index in [0.29, 0.717) is 6.54 Å². The molecule has 21 heavy (non-hydrogen) atoms. The van der Waals surface area contributed by atoms with E-state index in [0.717, 1.165) is 18.5 Å². The van der Waals surface area contributed by atoms with E-state index < -0.39 is 10.0 Å². The van der Waals surface area contributed by atoms with Gasteiger partial charge in [-0.05, 0) is 30.2 Å². The minimum absolute atomic E-state index is 0.00190. The molecule has 112 valence electrons. The lowest BCUT2D eigenvalue weighted by Gasteiger charge is -2.27. The number of hydrogen-bond acceptors (Lipinski definition) is 4. The Morgan fingerprint density at radius 3 is 2.95 bits per heavy atom. The first-order chi connectivity index (χ1) is 10.1. The van der Waals surface area contributed by atoms with Gasteiger partial charge in [-0.15, -0.1) is 0 Å². The van der Waals surface area contributed by atoms with E-state index in [1.165, 1.54) is 22.5 Å². The fourth-order valence-electron chi connectivity index (χ4n) is 2.67. The van der Waals surface area contributed by atoms with Gasteiger partial charge in [-0.2, -0.15) is 5.10 Å². The van der Waals surface area contributed by atoms with Crippen LogP contribution in [0.15, 0.2) is 41.6 Å². The van der Waals surface area contributed by atoms with Crippen LogP contribution >= 0.6 is 0 Å². The summed E-state index contributed by atoms with van der Waals surface area (Å²) in [5.74, 6) is 0. The maximum atomic E-state index is 12.3. The molecule has 0 saturated heterocycles. The molecule has 0 radical (unpaired) electrons. The van der Waals surface area contributed by atoms with Gasteiger partial charge in [-0.25, -0.2) is 13.1 Å². The fraction of sp³-hybridized carbons (Fsp3) is 0.357. The predicted molar refractivity (Wildman–Crippen MR) is 79.3 cm³/mol. The lowest BCUT2D eigenvalue weighted by molar-refractivity contribution is 0.489. The summed E-state index contributed by atoms with van der Waals surface area (Å²) in [4.78, 5) is 0. The molecule has 0 saturated carbocycles. The standard InChI is InChI=1S/C14H18N4O2S/c1-18-14(7-9-16-18)21(19,20)17-10-13-12-5-3-2-4-11(12)6-8-15-13/h2-5,7,9,13,15,17H,6,8,10H2,1H3. The van der Waals surface area contributed by atoms with Crippen molar-refractivity contribution in [2.45, 2.75) is 17.5 Å². The normalized spacial score (nSPS) is 18.4. The highest BCUT2D eigenvalue weighted by atomic mass is 32.2. The number of fused-ring (bicyclic) bond motifs is 1. The Kier molecular flexibility index (Phi) is 3.79. The van der Waals surface area contributed by atoms with Crippen molar-refractivity contribution in [2.24, 2.45) is 7.05 Å². The van der Waals surface area contributed by atoms with Gasteiger partial charge in [0.25, 0.3) is 10.0 Å². The Labute approximate surface area is 124 Å². The summed E-state index contributed by atoms with van der Waals surface area (Å²) in [6, 6.07) is 9.63. The highest BCUT2D eigenvalue weighted by Gasteiger charge is 2.23. The summed E-state index contributed by atoms with van der Waals surface area (Å²) >= 11 is 0. The molecule has 0 fully saturated rings. The first-order valence-electron chi connectivity index (χ1n) is 6.87. The molecule has 2 aromatic rings. The molecule has 3 rings (SSSR count). The fourth-order valence-corrected chi connectivity index (χ4v) is 3.84. The van der Waals surface area contributed by atoms with E-state index in [4.69, 9.17) is 0 Å². The Morgan fingerprint density at radius 2 is 2.19 bits per heavy atom. The molecular formula is C14H18N4O2S. The van der Waals surface area contributed by atoms with Gasteiger partial charge in [-0.1, -0.05) is 24.3 Å². The maximum Gasteiger partial charge on any atom is 0.257 e. The third-order valence-electron chi connectivity index (χ3n) is 3.74. The third kappa shape index (κ3) is 2.85. The molecule has 1 aliphatic rings. The van der Waals surface area contributed by atoms with Gasteiger partial charge in [0.15, 0.2) is 5.03 Å². The van der Waals surface area contributed by atoms with Crippen LogP contribution in [0.5, 0.6) is 0 Å². The number of benzene rings is 1. The molecule has 0 aliphatic carbocycles. The van der Waals surface area contributed by atoms with Crippen LogP contribution in [0.2, 0.25) is 0 Å². The summed E-state index contributed by atoms with van der Waals surface area (Å²) in [6.07, 6.45) is 2.45. The van der Waals surface area contributed by atoms with Crippen molar-refractivity contribution in [2.75, 3.05) is 13.1 Å². The van der Waals surface area contributed by atoms with Gasteiger partial charge in [0.1, 0.15) is 0 Å². The van der Waals surface area contributed by atoms with E-state index in [2.05, 4.69) is 21.2 Å². The summed E-state index contributed by atoms with van der Waals surface area (Å²) in [5, 5.41) is 7.43. The van der Waals surface area contributed by atoms with Gasteiger partial charge in [0, 0.05) is 19.6 Å². The van der Waals surface area contributed by atoms with Gasteiger partial charge >= 0.3 is 0 Å². The van der Waals surface area contributed by atoms with E-state index in [-0.39, 0.29) is 11.1 Å². The quantitative estimate of drug-likeness (QED) is 0.866. The molecule has 1 atom stereocenters. The minimum atomic E-state index is -3.54. The zero-order valence-electron chi connectivity index (χ0n) is 11.8. The molecule has 0 bridgehead atoms. The lowest BCUT2D eigenvalue weighted by atomic mass is 9.95. The minimum Gasteiger partial charge on any atom is -0.308 e. The summed E-state index contributed by atoms with van der Waals surface area (Å²) < 4.78 is 28.6. The van der Waals surface area contributed by atoms with Crippen LogP contribution in [-0.2, 0) is 23.5 Å². The maximum absolute atomic E-state index is 12.3. The number of aromatic nitrogens is 2. The predicted octanol–water partition coefficient (Wildman–Crippen LogP) is 0.585. The average Bonchev–Trinajstić information content (AvgIpc) is 2.92. The van der Waals surface area contributed by atoms with Gasteiger partial charge in [0.2, 0.25) is 0 Å². The number of nitrogens with zero attached hydrogens (tertiary/aromatic N) is 2. The first kappa shape index (κ1) is 14.2. The van der Waals surface area contributed by atoms with Crippen LogP contribution in [0.3, 0.4) is 0 Å². The molecule has 7 heteroatoms. The van der Waals surface area contributed by atoms with E-state index in [1.54, 1.807) is 7.05 Å². The zero-order chi connectivity index (χ0) is 14.9. The Hall–Kier alpha value is -1.70. The lowest BCUT2D eigenvalue weighted by Crippen LogP contribution is -2.39. The van der Waals surface area contributed by atoms with Gasteiger partial charge in [-0.3, -0.25) is 4.68 Å². The van der Waals surface area contributed by atoms with Gasteiger partial charge in [0.05, 0.1) is 6.20 Å². The van der Waals surface area contributed by atoms with Crippen LogP contribution in [0.25, 0.3) is 0 Å². The van der Waals surface area contributed by atoms with Crippen molar-refractivity contribution >= 4 is 10.0 Å². The summed E-state index contributed by atoms with van der Waals surface area (Å²) in [7, 11) is -1.93. The number of sulfonamides is 1. The van der Waals surface area contributed by atoms with Crippen LogP contribution in [0.4, 0.5) is 0 Å². The Balaban J connectivity index is 1.76. The van der Waals surface area contributed by atoms with Crippen LogP contribution in [0, 0.1) is 0 Å². The average molecular weight is 306 g/mol. The smallest absolute Gasteiger partial charge is 0.257 e. The van der Waals surface area contributed by atoms with Crippen molar-refractivity contribution in [3.05, 3.63) is 47.7 Å². The zero-order valence-corrected chi connectivity index (χ0v) is 12.6. The topological polar surface area (TPSA) is 76.0 Å². The first-order valence-corrected chi connectivity index (χ1v) is 8.35. The second kappa shape index (κ2) is 5.59. The molecule has 0 amide bonds. The van der Waals surface area contributed by atoms with Crippen LogP contribution in [0.1, 0.15) is 17.2 Å². The second-order valence-electron chi connectivity index (χ2n) is 5.10. The highest BCUT2D eigenvalue weighted by Crippen LogP contribution is 2.22. The molecule has 1 unspecified atom stereocenters. The molecule has 1 aliphatic heterocycles. The van der Waals surface area contributed by atoms with E-state index >= 15 is 0 Å². The largest absolute Gasteiger partial charge is 0.308 e. The molecule has 6 nitrogen and oxygen atoms in total. The van der Waals surface area contributed by atoms with Crippen LogP contribution < -0.4 is 10.0 Å². The van der Waals surface area contributed by atoms with Crippen molar-refractivity contribution in [3.63, 3.8) is 0 Å². The van der Waals surface area contributed by atoms with Crippen molar-refractivity contribution in [3.8, 4) is 0 Å². The molecule has 1 aromatic carbocycles. The molecular weight excluding hydrogens is 288 g/mol.